The van der Waals surface area contributed by atoms with Gasteiger partial charge in [0.05, 0.1) is 22.7 Å². The van der Waals surface area contributed by atoms with Gasteiger partial charge in [0.2, 0.25) is 10.3 Å². The Morgan fingerprint density at radius 2 is 1.90 bits per heavy atom. The van der Waals surface area contributed by atoms with Crippen LogP contribution in [0.4, 0.5) is 20.3 Å². The fourth-order valence-electron chi connectivity index (χ4n) is 4.81. The molecule has 0 amide bonds. The van der Waals surface area contributed by atoms with Crippen LogP contribution < -0.4 is 10.1 Å². The maximum Gasteiger partial charge on any atom is 0.241 e. The third-order valence-electron chi connectivity index (χ3n) is 7.16. The summed E-state index contributed by atoms with van der Waals surface area (Å²) in [5.74, 6) is -0.0675. The largest absolute Gasteiger partial charge is 0.487 e. The number of anilines is 2. The van der Waals surface area contributed by atoms with Crippen molar-refractivity contribution >= 4 is 60.7 Å². The van der Waals surface area contributed by atoms with Crippen LogP contribution in [0.2, 0.25) is 5.02 Å². The number of hydrogen-bond donors (Lipinski definition) is 1. The van der Waals surface area contributed by atoms with E-state index in [4.69, 9.17) is 21.1 Å². The molecule has 0 saturated carbocycles. The first-order chi connectivity index (χ1) is 23.3. The molecule has 1 N–H and O–H groups in total. The van der Waals surface area contributed by atoms with Gasteiger partial charge in [-0.2, -0.15) is 8.42 Å². The summed E-state index contributed by atoms with van der Waals surface area (Å²) in [6.45, 7) is 1.99. The number of hydrogen-bond acceptors (Lipinski definition) is 10. The topological polar surface area (TPSA) is 116 Å². The molecule has 1 atom stereocenters. The fraction of sp³-hybridized carbons (Fsp3) is 0.147. The zero-order valence-electron chi connectivity index (χ0n) is 25.2. The Balaban J connectivity index is 1.22. The standard InChI is InChI=1S/C34H26ClF2N5O4S2/c1-2-30(46-32(48(43)44)14-22-8-3-4-11-38-22)34-42-29(18-47-34)24-15-25-28(16-27(24)37)39-19-40-33(25)41-23-9-10-31(26(35)13-23)45-17-20-6-5-7-21(36)12-20/h3-13,15-16,18-19,30H,2,14,17H2,1H3,(H,39,40,41). The molecule has 6 rings (SSSR count). The van der Waals surface area contributed by atoms with Crippen LogP contribution in [0.25, 0.3) is 22.2 Å². The van der Waals surface area contributed by atoms with Gasteiger partial charge in [-0.25, -0.2) is 23.7 Å². The third kappa shape index (κ3) is 7.82. The molecule has 48 heavy (non-hydrogen) atoms. The maximum absolute atomic E-state index is 15.4. The van der Waals surface area contributed by atoms with Gasteiger partial charge in [-0.05, 0) is 60.5 Å². The lowest BCUT2D eigenvalue weighted by atomic mass is 10.1. The summed E-state index contributed by atoms with van der Waals surface area (Å²) in [5.41, 5.74) is 2.73. The fourth-order valence-corrected chi connectivity index (χ4v) is 6.44. The molecule has 1 unspecified atom stereocenters. The molecule has 14 heteroatoms. The second-order valence-corrected chi connectivity index (χ2v) is 12.7. The summed E-state index contributed by atoms with van der Waals surface area (Å²) in [6, 6.07) is 19.3. The highest BCUT2D eigenvalue weighted by Gasteiger charge is 2.21. The number of thiazole rings is 1. The van der Waals surface area contributed by atoms with Crippen molar-refractivity contribution in [2.45, 2.75) is 32.5 Å². The zero-order valence-corrected chi connectivity index (χ0v) is 27.6. The molecule has 3 aromatic carbocycles. The van der Waals surface area contributed by atoms with Crippen molar-refractivity contribution in [1.29, 1.82) is 0 Å². The van der Waals surface area contributed by atoms with Crippen LogP contribution in [0.1, 0.15) is 35.7 Å². The highest BCUT2D eigenvalue weighted by Crippen LogP contribution is 2.35. The van der Waals surface area contributed by atoms with E-state index in [1.807, 2.05) is 6.92 Å². The first-order valence-corrected chi connectivity index (χ1v) is 17.0. The van der Waals surface area contributed by atoms with Gasteiger partial charge >= 0.3 is 0 Å². The number of nitrogens with zero attached hydrogens (tertiary/aromatic N) is 4. The second-order valence-electron chi connectivity index (χ2n) is 10.5. The van der Waals surface area contributed by atoms with Crippen LogP contribution in [0.3, 0.4) is 0 Å². The van der Waals surface area contributed by atoms with E-state index in [2.05, 4.69) is 25.3 Å². The van der Waals surface area contributed by atoms with Crippen LogP contribution in [0, 0.1) is 11.6 Å². The van der Waals surface area contributed by atoms with Gasteiger partial charge in [0.1, 0.15) is 47.2 Å². The molecule has 6 aromatic rings. The minimum atomic E-state index is -2.61. The van der Waals surface area contributed by atoms with Crippen molar-refractivity contribution in [3.63, 3.8) is 0 Å². The van der Waals surface area contributed by atoms with E-state index in [-0.39, 0.29) is 29.5 Å². The number of ether oxygens (including phenoxy) is 2. The molecule has 0 radical (unpaired) electrons. The van der Waals surface area contributed by atoms with E-state index in [1.54, 1.807) is 66.2 Å². The summed E-state index contributed by atoms with van der Waals surface area (Å²) in [6.07, 6.45) is 2.65. The van der Waals surface area contributed by atoms with Crippen LogP contribution >= 0.6 is 22.9 Å². The molecule has 0 aliphatic heterocycles. The Bertz CT molecular complexity index is 2230. The van der Waals surface area contributed by atoms with Crippen molar-refractivity contribution in [2.75, 3.05) is 5.32 Å². The molecule has 3 aromatic heterocycles. The smallest absolute Gasteiger partial charge is 0.241 e. The first-order valence-electron chi connectivity index (χ1n) is 14.6. The van der Waals surface area contributed by atoms with Crippen molar-refractivity contribution in [3.8, 4) is 17.0 Å². The molecule has 0 aliphatic rings. The lowest BCUT2D eigenvalue weighted by molar-refractivity contribution is 0.188. The molecule has 0 aliphatic carbocycles. The van der Waals surface area contributed by atoms with Crippen molar-refractivity contribution in [1.82, 2.24) is 19.9 Å². The van der Waals surface area contributed by atoms with Crippen LogP contribution in [0.5, 0.6) is 5.75 Å². The number of halogens is 3. The number of benzene rings is 3. The lowest BCUT2D eigenvalue weighted by Gasteiger charge is -2.13. The molecule has 9 nitrogen and oxygen atoms in total. The predicted octanol–water partition coefficient (Wildman–Crippen LogP) is 8.12. The van der Waals surface area contributed by atoms with Gasteiger partial charge in [-0.1, -0.05) is 36.7 Å². The van der Waals surface area contributed by atoms with Crippen molar-refractivity contribution in [2.24, 2.45) is 0 Å². The Labute approximate surface area is 284 Å². The lowest BCUT2D eigenvalue weighted by Crippen LogP contribution is -2.15. The van der Waals surface area contributed by atoms with Gasteiger partial charge in [-0.3, -0.25) is 4.98 Å². The molecule has 0 spiro atoms. The maximum atomic E-state index is 15.4. The summed E-state index contributed by atoms with van der Waals surface area (Å²) >= 11 is 7.73. The highest BCUT2D eigenvalue weighted by atomic mass is 35.5. The SMILES string of the molecule is CCC(OC(Cc1ccccn1)=S(=O)=O)c1nc(-c2cc3c(Nc4ccc(OCc5cccc(F)c5)c(Cl)c4)ncnc3cc2F)cs1. The molecule has 0 bridgehead atoms. The van der Waals surface area contributed by atoms with E-state index >= 15 is 4.39 Å². The van der Waals surface area contributed by atoms with Crippen molar-refractivity contribution in [3.05, 3.63) is 124 Å². The van der Waals surface area contributed by atoms with Crippen LogP contribution in [0.15, 0.2) is 90.7 Å². The second kappa shape index (κ2) is 14.9. The van der Waals surface area contributed by atoms with Crippen LogP contribution in [-0.2, 0) is 28.1 Å². The molecule has 0 saturated heterocycles. The van der Waals surface area contributed by atoms with Gasteiger partial charge < -0.3 is 14.8 Å². The molecular formula is C34H26ClF2N5O4S2. The number of rotatable bonds is 11. The molecule has 3 heterocycles. The van der Waals surface area contributed by atoms with Crippen LogP contribution in [-0.4, -0.2) is 33.4 Å². The summed E-state index contributed by atoms with van der Waals surface area (Å²) in [4.78, 5) is 17.4. The minimum Gasteiger partial charge on any atom is -0.487 e. The molecular weight excluding hydrogens is 680 g/mol. The number of pyridine rings is 1. The number of nitrogens with one attached hydrogen (secondary N) is 1. The van der Waals surface area contributed by atoms with E-state index in [1.165, 1.54) is 35.9 Å². The normalized spacial score (nSPS) is 11.8. The zero-order chi connectivity index (χ0) is 33.6. The van der Waals surface area contributed by atoms with E-state index < -0.39 is 22.2 Å². The Hall–Kier alpha value is -4.82. The van der Waals surface area contributed by atoms with Gasteiger partial charge in [-0.15, -0.1) is 11.3 Å². The van der Waals surface area contributed by atoms with Gasteiger partial charge in [0.15, 0.2) is 5.05 Å². The van der Waals surface area contributed by atoms with E-state index in [9.17, 15) is 12.8 Å². The van der Waals surface area contributed by atoms with Crippen molar-refractivity contribution < 1.29 is 26.7 Å². The Morgan fingerprint density at radius 1 is 1.02 bits per heavy atom. The summed E-state index contributed by atoms with van der Waals surface area (Å²) in [7, 11) is -2.61. The van der Waals surface area contributed by atoms with E-state index in [0.717, 1.165) is 0 Å². The number of fused-ring (bicyclic) bond motifs is 1. The number of aromatic nitrogens is 4. The average Bonchev–Trinajstić information content (AvgIpc) is 3.56. The average molecular weight is 706 g/mol. The Kier molecular flexibility index (Phi) is 10.3. The first kappa shape index (κ1) is 33.1. The predicted molar refractivity (Wildman–Crippen MR) is 182 cm³/mol. The van der Waals surface area contributed by atoms with E-state index in [0.29, 0.717) is 61.6 Å². The minimum absolute atomic E-state index is 0.00333. The van der Waals surface area contributed by atoms with Gasteiger partial charge in [0, 0.05) is 40.0 Å². The summed E-state index contributed by atoms with van der Waals surface area (Å²) in [5, 5.41) is 6.09. The third-order valence-corrected chi connectivity index (χ3v) is 9.00. The Morgan fingerprint density at radius 3 is 2.65 bits per heavy atom. The summed E-state index contributed by atoms with van der Waals surface area (Å²) < 4.78 is 64.6. The molecule has 244 valence electrons. The molecule has 0 fully saturated rings. The quantitative estimate of drug-likeness (QED) is 0.133. The highest BCUT2D eigenvalue weighted by molar-refractivity contribution is 7.72. The van der Waals surface area contributed by atoms with Gasteiger partial charge in [0.25, 0.3) is 0 Å². The monoisotopic (exact) mass is 705 g/mol.